The molecule has 2 N–H and O–H groups in total. The van der Waals surface area contributed by atoms with Crippen LogP contribution in [0.2, 0.25) is 0 Å². The Bertz CT molecular complexity index is 303. The van der Waals surface area contributed by atoms with Gasteiger partial charge in [-0.1, -0.05) is 19.2 Å². The van der Waals surface area contributed by atoms with Crippen LogP contribution in [0.25, 0.3) is 0 Å². The first kappa shape index (κ1) is 10.6. The zero-order valence-corrected chi connectivity index (χ0v) is 7.87. The van der Waals surface area contributed by atoms with Crippen molar-refractivity contribution in [1.82, 2.24) is 0 Å². The summed E-state index contributed by atoms with van der Waals surface area (Å²) in [6.07, 6.45) is 2.85. The Hall–Kier alpha value is -1.45. The van der Waals surface area contributed by atoms with E-state index in [9.17, 15) is 10.2 Å². The first-order valence-electron chi connectivity index (χ1n) is 4.32. The molecule has 0 spiro atoms. The minimum atomic E-state index is -0.833. The Morgan fingerprint density at radius 3 is 2.50 bits per heavy atom. The summed E-state index contributed by atoms with van der Waals surface area (Å²) < 4.78 is 1.53. The van der Waals surface area contributed by atoms with Crippen LogP contribution in [0.5, 0.6) is 0 Å². The van der Waals surface area contributed by atoms with Crippen molar-refractivity contribution >= 4 is 0 Å². The minimum Gasteiger partial charge on any atom is -0.378 e. The van der Waals surface area contributed by atoms with Crippen molar-refractivity contribution in [3.63, 3.8) is 0 Å². The molecule has 0 aliphatic heterocycles. The lowest BCUT2D eigenvalue weighted by molar-refractivity contribution is -0.756. The molecule has 14 heavy (non-hydrogen) atoms. The standard InChI is InChI=1S/C11H14NO2/c1-3-10(13)9-7-5-6-8-12(9)11(14)4-2/h3-8,10-11,13-14H,1-2H2/q+1. The number of pyridine rings is 1. The molecule has 3 nitrogen and oxygen atoms in total. The van der Waals surface area contributed by atoms with Crippen LogP contribution in [0, 0.1) is 0 Å². The lowest BCUT2D eigenvalue weighted by atomic mass is 10.2. The molecule has 0 saturated heterocycles. The maximum atomic E-state index is 9.57. The van der Waals surface area contributed by atoms with Crippen LogP contribution in [0.4, 0.5) is 0 Å². The van der Waals surface area contributed by atoms with Crippen molar-refractivity contribution in [1.29, 1.82) is 0 Å². The van der Waals surface area contributed by atoms with E-state index >= 15 is 0 Å². The van der Waals surface area contributed by atoms with Gasteiger partial charge in [0.1, 0.15) is 0 Å². The highest BCUT2D eigenvalue weighted by molar-refractivity contribution is 5.05. The summed E-state index contributed by atoms with van der Waals surface area (Å²) in [6, 6.07) is 5.28. The maximum Gasteiger partial charge on any atom is 0.280 e. The van der Waals surface area contributed by atoms with Crippen molar-refractivity contribution in [2.24, 2.45) is 0 Å². The molecule has 0 fully saturated rings. The predicted molar refractivity (Wildman–Crippen MR) is 53.2 cm³/mol. The average Bonchev–Trinajstić information content (AvgIpc) is 2.27. The Kier molecular flexibility index (Phi) is 3.56. The van der Waals surface area contributed by atoms with Crippen molar-refractivity contribution in [2.75, 3.05) is 0 Å². The lowest BCUT2D eigenvalue weighted by Gasteiger charge is -2.08. The molecule has 2 atom stereocenters. The minimum absolute atomic E-state index is 0.579. The average molecular weight is 192 g/mol. The number of aliphatic hydroxyl groups is 2. The molecule has 74 valence electrons. The molecule has 1 aromatic heterocycles. The van der Waals surface area contributed by atoms with Gasteiger partial charge in [0.2, 0.25) is 5.69 Å². The third kappa shape index (κ3) is 2.07. The Morgan fingerprint density at radius 1 is 1.21 bits per heavy atom. The van der Waals surface area contributed by atoms with E-state index in [1.165, 1.54) is 16.7 Å². The van der Waals surface area contributed by atoms with E-state index in [0.29, 0.717) is 5.69 Å². The van der Waals surface area contributed by atoms with Crippen LogP contribution >= 0.6 is 0 Å². The molecular formula is C11H14NO2+. The first-order chi connectivity index (χ1) is 6.70. The molecule has 0 amide bonds. The SMILES string of the molecule is C=CC(O)c1cccc[n+]1C(O)C=C. The summed E-state index contributed by atoms with van der Waals surface area (Å²) >= 11 is 0. The fourth-order valence-electron chi connectivity index (χ4n) is 1.20. The van der Waals surface area contributed by atoms with Gasteiger partial charge in [-0.15, -0.1) is 0 Å². The second-order valence-electron chi connectivity index (χ2n) is 2.86. The third-order valence-corrected chi connectivity index (χ3v) is 1.95. The predicted octanol–water partition coefficient (Wildman–Crippen LogP) is 0.870. The number of aliphatic hydroxyl groups excluding tert-OH is 2. The highest BCUT2D eigenvalue weighted by Crippen LogP contribution is 2.09. The number of nitrogens with zero attached hydrogens (tertiary/aromatic N) is 1. The van der Waals surface area contributed by atoms with E-state index in [4.69, 9.17) is 0 Å². The van der Waals surface area contributed by atoms with Gasteiger partial charge in [-0.2, -0.15) is 4.57 Å². The molecule has 0 aliphatic rings. The van der Waals surface area contributed by atoms with Crippen LogP contribution in [0.3, 0.4) is 0 Å². The van der Waals surface area contributed by atoms with E-state index < -0.39 is 12.3 Å². The fourth-order valence-corrected chi connectivity index (χ4v) is 1.20. The van der Waals surface area contributed by atoms with Gasteiger partial charge < -0.3 is 10.2 Å². The molecular weight excluding hydrogens is 178 g/mol. The van der Waals surface area contributed by atoms with Gasteiger partial charge in [0.15, 0.2) is 12.3 Å². The Balaban J connectivity index is 3.14. The molecule has 0 radical (unpaired) electrons. The van der Waals surface area contributed by atoms with Gasteiger partial charge in [-0.25, -0.2) is 0 Å². The molecule has 0 saturated carbocycles. The number of aromatic nitrogens is 1. The van der Waals surface area contributed by atoms with Crippen molar-refractivity contribution in [2.45, 2.75) is 12.3 Å². The lowest BCUT2D eigenvalue weighted by Crippen LogP contribution is -2.42. The van der Waals surface area contributed by atoms with Crippen molar-refractivity contribution < 1.29 is 14.8 Å². The molecule has 3 heteroatoms. The Morgan fingerprint density at radius 2 is 1.93 bits per heavy atom. The highest BCUT2D eigenvalue weighted by Gasteiger charge is 2.20. The van der Waals surface area contributed by atoms with Gasteiger partial charge in [0.25, 0.3) is 6.23 Å². The van der Waals surface area contributed by atoms with Crippen LogP contribution in [0.1, 0.15) is 18.0 Å². The van der Waals surface area contributed by atoms with E-state index in [-0.39, 0.29) is 0 Å². The smallest absolute Gasteiger partial charge is 0.280 e. The maximum absolute atomic E-state index is 9.57. The van der Waals surface area contributed by atoms with E-state index in [1.54, 1.807) is 24.4 Å². The summed E-state index contributed by atoms with van der Waals surface area (Å²) in [4.78, 5) is 0. The van der Waals surface area contributed by atoms with Gasteiger partial charge >= 0.3 is 0 Å². The third-order valence-electron chi connectivity index (χ3n) is 1.95. The first-order valence-corrected chi connectivity index (χ1v) is 4.32. The molecule has 0 aromatic carbocycles. The van der Waals surface area contributed by atoms with Crippen molar-refractivity contribution in [3.8, 4) is 0 Å². The molecule has 0 aliphatic carbocycles. The number of hydrogen-bond acceptors (Lipinski definition) is 2. The molecule has 1 rings (SSSR count). The van der Waals surface area contributed by atoms with Gasteiger partial charge in [0, 0.05) is 18.2 Å². The number of rotatable bonds is 4. The summed E-state index contributed by atoms with van der Waals surface area (Å²) in [5, 5.41) is 19.1. The van der Waals surface area contributed by atoms with E-state index in [2.05, 4.69) is 13.2 Å². The summed E-state index contributed by atoms with van der Waals surface area (Å²) in [5.74, 6) is 0. The summed E-state index contributed by atoms with van der Waals surface area (Å²) in [6.45, 7) is 6.98. The van der Waals surface area contributed by atoms with Crippen LogP contribution < -0.4 is 4.57 Å². The molecule has 0 bridgehead atoms. The molecule has 2 unspecified atom stereocenters. The van der Waals surface area contributed by atoms with Gasteiger partial charge in [-0.05, 0) is 6.07 Å². The number of hydrogen-bond donors (Lipinski definition) is 2. The topological polar surface area (TPSA) is 44.3 Å². The van der Waals surface area contributed by atoms with Gasteiger partial charge in [0.05, 0.1) is 0 Å². The van der Waals surface area contributed by atoms with Crippen LogP contribution in [0.15, 0.2) is 49.7 Å². The van der Waals surface area contributed by atoms with Crippen LogP contribution in [-0.2, 0) is 0 Å². The van der Waals surface area contributed by atoms with Gasteiger partial charge in [-0.3, -0.25) is 0 Å². The van der Waals surface area contributed by atoms with E-state index in [0.717, 1.165) is 0 Å². The second-order valence-corrected chi connectivity index (χ2v) is 2.86. The molecule has 1 heterocycles. The zero-order chi connectivity index (χ0) is 10.6. The zero-order valence-electron chi connectivity index (χ0n) is 7.87. The van der Waals surface area contributed by atoms with E-state index in [1.807, 2.05) is 0 Å². The second kappa shape index (κ2) is 4.69. The monoisotopic (exact) mass is 192 g/mol. The normalized spacial score (nSPS) is 14.4. The summed E-state index contributed by atoms with van der Waals surface area (Å²) in [5.41, 5.74) is 0.579. The quantitative estimate of drug-likeness (QED) is 0.549. The largest absolute Gasteiger partial charge is 0.378 e. The Labute approximate surface area is 83.3 Å². The van der Waals surface area contributed by atoms with Crippen molar-refractivity contribution in [3.05, 3.63) is 55.4 Å². The highest BCUT2D eigenvalue weighted by atomic mass is 16.3. The summed E-state index contributed by atoms with van der Waals surface area (Å²) in [7, 11) is 0. The molecule has 1 aromatic rings. The van der Waals surface area contributed by atoms with Crippen LogP contribution in [-0.4, -0.2) is 10.2 Å². The fraction of sp³-hybridized carbons (Fsp3) is 0.182.